The second-order valence-corrected chi connectivity index (χ2v) is 8.59. The van der Waals surface area contributed by atoms with E-state index in [1.807, 2.05) is 61.5 Å². The Hall–Kier alpha value is -4.72. The van der Waals surface area contributed by atoms with Crippen LogP contribution in [0.15, 0.2) is 85.1 Å². The number of pyridine rings is 1. The maximum Gasteiger partial charge on any atom is 0.255 e. The van der Waals surface area contributed by atoms with E-state index < -0.39 is 0 Å². The second kappa shape index (κ2) is 10.5. The predicted octanol–water partition coefficient (Wildman–Crippen LogP) is 5.42. The van der Waals surface area contributed by atoms with Crippen molar-refractivity contribution in [1.29, 1.82) is 0 Å². The van der Waals surface area contributed by atoms with E-state index in [1.165, 1.54) is 12.1 Å². The van der Waals surface area contributed by atoms with Crippen LogP contribution in [0.1, 0.15) is 27.2 Å². The van der Waals surface area contributed by atoms with E-state index in [9.17, 15) is 9.18 Å². The number of nitrogens with one attached hydrogen (secondary N) is 2. The lowest BCUT2D eigenvalue weighted by Crippen LogP contribution is -2.24. The number of aromatic nitrogens is 3. The van der Waals surface area contributed by atoms with Crippen molar-refractivity contribution in [3.05, 3.63) is 113 Å². The molecule has 0 atom stereocenters. The number of nitrogens with zero attached hydrogens (tertiary/aromatic N) is 3. The molecule has 0 aliphatic rings. The minimum absolute atomic E-state index is 0.189. The average Bonchev–Trinajstić information content (AvgIpc) is 3.27. The van der Waals surface area contributed by atoms with Gasteiger partial charge in [-0.1, -0.05) is 42.5 Å². The molecule has 37 heavy (non-hydrogen) atoms. The lowest BCUT2D eigenvalue weighted by atomic mass is 10.1. The van der Waals surface area contributed by atoms with Crippen LogP contribution >= 0.6 is 0 Å². The van der Waals surface area contributed by atoms with Crippen molar-refractivity contribution in [3.8, 4) is 11.4 Å². The van der Waals surface area contributed by atoms with E-state index >= 15 is 0 Å². The summed E-state index contributed by atoms with van der Waals surface area (Å²) in [7, 11) is 1.63. The number of ether oxygens (including phenoxy) is 1. The number of anilines is 1. The van der Waals surface area contributed by atoms with Gasteiger partial charge < -0.3 is 15.4 Å². The molecule has 186 valence electrons. The van der Waals surface area contributed by atoms with Crippen LogP contribution in [-0.4, -0.2) is 27.8 Å². The number of methoxy groups -OCH3 is 1. The van der Waals surface area contributed by atoms with E-state index in [1.54, 1.807) is 30.1 Å². The Balaban J connectivity index is 1.52. The van der Waals surface area contributed by atoms with Gasteiger partial charge in [0, 0.05) is 19.3 Å². The minimum Gasteiger partial charge on any atom is -0.497 e. The third kappa shape index (κ3) is 5.13. The van der Waals surface area contributed by atoms with Gasteiger partial charge in [0.25, 0.3) is 5.91 Å². The first kappa shape index (κ1) is 24.0. The molecule has 0 aliphatic carbocycles. The Morgan fingerprint density at radius 1 is 0.973 bits per heavy atom. The highest BCUT2D eigenvalue weighted by Crippen LogP contribution is 2.31. The van der Waals surface area contributed by atoms with Gasteiger partial charge in [-0.15, -0.1) is 0 Å². The van der Waals surface area contributed by atoms with Gasteiger partial charge in [0.15, 0.2) is 5.65 Å². The first-order valence-electron chi connectivity index (χ1n) is 11.9. The monoisotopic (exact) mass is 495 g/mol. The van der Waals surface area contributed by atoms with Crippen LogP contribution in [0.25, 0.3) is 16.7 Å². The number of fused-ring (bicyclic) bond motifs is 1. The Kier molecular flexibility index (Phi) is 6.81. The number of benzene rings is 3. The first-order valence-corrected chi connectivity index (χ1v) is 11.9. The maximum absolute atomic E-state index is 13.6. The predicted molar refractivity (Wildman–Crippen MR) is 141 cm³/mol. The lowest BCUT2D eigenvalue weighted by Gasteiger charge is -2.14. The number of hydrogen-bond acceptors (Lipinski definition) is 5. The number of hydrogen-bond donors (Lipinski definition) is 2. The normalized spacial score (nSPS) is 10.9. The number of carbonyl (C=O) groups excluding carboxylic acids is 1. The Labute approximate surface area is 213 Å². The molecule has 0 unspecified atom stereocenters. The van der Waals surface area contributed by atoms with Gasteiger partial charge in [-0.25, -0.2) is 14.1 Å². The fraction of sp³-hybridized carbons (Fsp3) is 0.138. The number of halogens is 1. The van der Waals surface area contributed by atoms with E-state index in [-0.39, 0.29) is 18.3 Å². The summed E-state index contributed by atoms with van der Waals surface area (Å²) >= 11 is 0. The summed E-state index contributed by atoms with van der Waals surface area (Å²) in [5.74, 6) is 0.107. The SMILES string of the molecule is COc1ccc(CNc2c(C(=O)NCc3cccc(F)c3)cnc3c2c(C)nn3-c2ccccc2)cc1. The largest absolute Gasteiger partial charge is 0.497 e. The summed E-state index contributed by atoms with van der Waals surface area (Å²) in [4.78, 5) is 18.0. The fourth-order valence-electron chi connectivity index (χ4n) is 4.22. The van der Waals surface area contributed by atoms with Gasteiger partial charge in [-0.3, -0.25) is 4.79 Å². The van der Waals surface area contributed by atoms with E-state index in [0.717, 1.165) is 28.1 Å². The van der Waals surface area contributed by atoms with E-state index in [0.29, 0.717) is 29.0 Å². The molecule has 2 N–H and O–H groups in total. The van der Waals surface area contributed by atoms with E-state index in [4.69, 9.17) is 9.84 Å². The number of rotatable bonds is 8. The summed E-state index contributed by atoms with van der Waals surface area (Å²) in [6, 6.07) is 23.6. The molecule has 0 radical (unpaired) electrons. The molecular formula is C29H26FN5O2. The molecule has 1 amide bonds. The molecule has 3 aromatic carbocycles. The molecule has 2 aromatic heterocycles. The quantitative estimate of drug-likeness (QED) is 0.301. The summed E-state index contributed by atoms with van der Waals surface area (Å²) in [6.45, 7) is 2.56. The van der Waals surface area contributed by atoms with E-state index in [2.05, 4.69) is 15.6 Å². The second-order valence-electron chi connectivity index (χ2n) is 8.59. The molecule has 0 saturated carbocycles. The molecule has 0 bridgehead atoms. The van der Waals surface area contributed by atoms with Gasteiger partial charge in [0.2, 0.25) is 0 Å². The zero-order chi connectivity index (χ0) is 25.8. The standard InChI is InChI=1S/C29H26FN5O2/c1-19-26-27(31-16-20-11-13-24(37-2)14-12-20)25(29(36)33-17-21-7-6-8-22(30)15-21)18-32-28(26)35(34-19)23-9-4-3-5-10-23/h3-15,18H,16-17H2,1-2H3,(H,31,32)(H,33,36). The van der Waals surface area contributed by atoms with Gasteiger partial charge in [0.05, 0.1) is 35.1 Å². The molecule has 5 rings (SSSR count). The van der Waals surface area contributed by atoms with Crippen LogP contribution in [0.2, 0.25) is 0 Å². The topological polar surface area (TPSA) is 81.1 Å². The molecule has 2 heterocycles. The number of amides is 1. The smallest absolute Gasteiger partial charge is 0.255 e. The molecule has 0 fully saturated rings. The minimum atomic E-state index is -0.347. The highest BCUT2D eigenvalue weighted by Gasteiger charge is 2.21. The zero-order valence-corrected chi connectivity index (χ0v) is 20.5. The molecular weight excluding hydrogens is 469 g/mol. The maximum atomic E-state index is 13.6. The van der Waals surface area contributed by atoms with Gasteiger partial charge in [0.1, 0.15) is 11.6 Å². The van der Waals surface area contributed by atoms with Crippen molar-refractivity contribution in [2.75, 3.05) is 12.4 Å². The third-order valence-corrected chi connectivity index (χ3v) is 6.09. The summed E-state index contributed by atoms with van der Waals surface area (Å²) in [6.07, 6.45) is 1.56. The summed E-state index contributed by atoms with van der Waals surface area (Å²) < 4.78 is 20.6. The Morgan fingerprint density at radius 2 is 1.76 bits per heavy atom. The Morgan fingerprint density at radius 3 is 2.49 bits per heavy atom. The highest BCUT2D eigenvalue weighted by atomic mass is 19.1. The van der Waals surface area contributed by atoms with Crippen LogP contribution in [-0.2, 0) is 13.1 Å². The molecule has 8 heteroatoms. The molecule has 0 saturated heterocycles. The van der Waals surface area contributed by atoms with Crippen molar-refractivity contribution < 1.29 is 13.9 Å². The zero-order valence-electron chi connectivity index (χ0n) is 20.5. The average molecular weight is 496 g/mol. The van der Waals surface area contributed by atoms with Crippen molar-refractivity contribution in [2.24, 2.45) is 0 Å². The van der Waals surface area contributed by atoms with Crippen molar-refractivity contribution >= 4 is 22.6 Å². The Bertz CT molecular complexity index is 1550. The van der Waals surface area contributed by atoms with Crippen molar-refractivity contribution in [1.82, 2.24) is 20.1 Å². The van der Waals surface area contributed by atoms with Crippen molar-refractivity contribution in [2.45, 2.75) is 20.0 Å². The van der Waals surface area contributed by atoms with Gasteiger partial charge in [-0.2, -0.15) is 5.10 Å². The van der Waals surface area contributed by atoms with Crippen LogP contribution in [0, 0.1) is 12.7 Å². The van der Waals surface area contributed by atoms with Crippen LogP contribution in [0.4, 0.5) is 10.1 Å². The van der Waals surface area contributed by atoms with Gasteiger partial charge in [-0.05, 0) is 54.4 Å². The first-order chi connectivity index (χ1) is 18.0. The third-order valence-electron chi connectivity index (χ3n) is 6.09. The number of aryl methyl sites for hydroxylation is 1. The molecule has 0 aliphatic heterocycles. The molecule has 7 nitrogen and oxygen atoms in total. The van der Waals surface area contributed by atoms with Gasteiger partial charge >= 0.3 is 0 Å². The fourth-order valence-corrected chi connectivity index (χ4v) is 4.22. The number of para-hydroxylation sites is 1. The molecule has 5 aromatic rings. The number of carbonyl (C=O) groups is 1. The highest BCUT2D eigenvalue weighted by molar-refractivity contribution is 6.07. The summed E-state index contributed by atoms with van der Waals surface area (Å²) in [5, 5.41) is 11.8. The van der Waals surface area contributed by atoms with Crippen LogP contribution < -0.4 is 15.4 Å². The van der Waals surface area contributed by atoms with Crippen LogP contribution in [0.5, 0.6) is 5.75 Å². The molecule has 0 spiro atoms. The summed E-state index contributed by atoms with van der Waals surface area (Å²) in [5.41, 5.74) is 4.96. The van der Waals surface area contributed by atoms with Crippen LogP contribution in [0.3, 0.4) is 0 Å². The van der Waals surface area contributed by atoms with Crippen molar-refractivity contribution in [3.63, 3.8) is 0 Å². The lowest BCUT2D eigenvalue weighted by molar-refractivity contribution is 0.0951.